The van der Waals surface area contributed by atoms with Gasteiger partial charge < -0.3 is 0 Å². The maximum absolute atomic E-state index is 8.51. The Morgan fingerprint density at radius 1 is 1.24 bits per heavy atom. The standard InChI is InChI=1S/C16H21N/c1-13(6-5-11-17)12-14-7-9-15(10-8-14)16(2,3)4/h6-10H,5,12H2,1-4H3/b13-6+. The van der Waals surface area contributed by atoms with E-state index in [1.165, 1.54) is 16.7 Å². The molecule has 0 atom stereocenters. The number of benzene rings is 1. The second-order valence-corrected chi connectivity index (χ2v) is 5.54. The first-order valence-electron chi connectivity index (χ1n) is 6.05. The fraction of sp³-hybridized carbons (Fsp3) is 0.438. The fourth-order valence-corrected chi connectivity index (χ4v) is 1.74. The minimum absolute atomic E-state index is 0.213. The third-order valence-corrected chi connectivity index (χ3v) is 2.84. The lowest BCUT2D eigenvalue weighted by atomic mass is 9.86. The molecular weight excluding hydrogens is 206 g/mol. The number of hydrogen-bond acceptors (Lipinski definition) is 1. The van der Waals surface area contributed by atoms with Crippen LogP contribution in [0.15, 0.2) is 35.9 Å². The van der Waals surface area contributed by atoms with Crippen molar-refractivity contribution in [2.75, 3.05) is 0 Å². The number of allylic oxidation sites excluding steroid dienone is 2. The van der Waals surface area contributed by atoms with Gasteiger partial charge in [0.05, 0.1) is 12.5 Å². The van der Waals surface area contributed by atoms with E-state index in [2.05, 4.69) is 58.0 Å². The SMILES string of the molecule is C/C(=C\CC#N)Cc1ccc(C(C)(C)C)cc1. The van der Waals surface area contributed by atoms with E-state index < -0.39 is 0 Å². The Hall–Kier alpha value is -1.55. The highest BCUT2D eigenvalue weighted by Gasteiger charge is 2.12. The van der Waals surface area contributed by atoms with Crippen molar-refractivity contribution in [1.82, 2.24) is 0 Å². The van der Waals surface area contributed by atoms with E-state index in [1.807, 2.05) is 6.08 Å². The highest BCUT2D eigenvalue weighted by Crippen LogP contribution is 2.22. The number of nitriles is 1. The summed E-state index contributed by atoms with van der Waals surface area (Å²) in [7, 11) is 0. The Bertz CT molecular complexity index is 424. The predicted molar refractivity (Wildman–Crippen MR) is 72.8 cm³/mol. The molecule has 0 aromatic heterocycles. The van der Waals surface area contributed by atoms with Crippen molar-refractivity contribution >= 4 is 0 Å². The summed E-state index contributed by atoms with van der Waals surface area (Å²) < 4.78 is 0. The minimum Gasteiger partial charge on any atom is -0.198 e. The lowest BCUT2D eigenvalue weighted by Crippen LogP contribution is -2.10. The van der Waals surface area contributed by atoms with Crippen molar-refractivity contribution in [3.8, 4) is 6.07 Å². The first-order valence-corrected chi connectivity index (χ1v) is 6.05. The van der Waals surface area contributed by atoms with Gasteiger partial charge in [-0.1, -0.05) is 56.7 Å². The van der Waals surface area contributed by atoms with Crippen LogP contribution in [0.4, 0.5) is 0 Å². The highest BCUT2D eigenvalue weighted by atomic mass is 14.2. The Balaban J connectivity index is 2.73. The van der Waals surface area contributed by atoms with E-state index in [4.69, 9.17) is 5.26 Å². The highest BCUT2D eigenvalue weighted by molar-refractivity contribution is 5.29. The Morgan fingerprint density at radius 3 is 2.29 bits per heavy atom. The first-order chi connectivity index (χ1) is 7.93. The molecule has 90 valence electrons. The third kappa shape index (κ3) is 4.44. The van der Waals surface area contributed by atoms with Gasteiger partial charge in [-0.05, 0) is 29.9 Å². The van der Waals surface area contributed by atoms with Crippen LogP contribution < -0.4 is 0 Å². The van der Waals surface area contributed by atoms with E-state index in [1.54, 1.807) is 0 Å². The van der Waals surface area contributed by atoms with Gasteiger partial charge in [0, 0.05) is 0 Å². The normalized spacial score (nSPS) is 12.3. The van der Waals surface area contributed by atoms with Crippen molar-refractivity contribution in [3.63, 3.8) is 0 Å². The van der Waals surface area contributed by atoms with Gasteiger partial charge in [-0.3, -0.25) is 0 Å². The van der Waals surface area contributed by atoms with Crippen molar-refractivity contribution in [1.29, 1.82) is 5.26 Å². The molecule has 1 nitrogen and oxygen atoms in total. The smallest absolute Gasteiger partial charge is 0.0663 e. The molecule has 1 aromatic carbocycles. The number of nitrogens with zero attached hydrogens (tertiary/aromatic N) is 1. The first kappa shape index (κ1) is 13.5. The second kappa shape index (κ2) is 5.68. The number of rotatable bonds is 3. The van der Waals surface area contributed by atoms with Crippen LogP contribution in [0.3, 0.4) is 0 Å². The molecule has 0 aliphatic carbocycles. The van der Waals surface area contributed by atoms with Gasteiger partial charge in [0.2, 0.25) is 0 Å². The van der Waals surface area contributed by atoms with Gasteiger partial charge in [-0.15, -0.1) is 0 Å². The molecule has 1 heteroatoms. The molecule has 0 bridgehead atoms. The topological polar surface area (TPSA) is 23.8 Å². The van der Waals surface area contributed by atoms with Crippen LogP contribution in [0.2, 0.25) is 0 Å². The average molecular weight is 227 g/mol. The summed E-state index contributed by atoms with van der Waals surface area (Å²) in [6, 6.07) is 10.9. The summed E-state index contributed by atoms with van der Waals surface area (Å²) in [6.45, 7) is 8.75. The van der Waals surface area contributed by atoms with Crippen LogP contribution in [0, 0.1) is 11.3 Å². The van der Waals surface area contributed by atoms with E-state index in [0.29, 0.717) is 6.42 Å². The molecule has 17 heavy (non-hydrogen) atoms. The lowest BCUT2D eigenvalue weighted by molar-refractivity contribution is 0.590. The van der Waals surface area contributed by atoms with Gasteiger partial charge in [-0.25, -0.2) is 0 Å². The van der Waals surface area contributed by atoms with Crippen LogP contribution in [-0.2, 0) is 11.8 Å². The molecule has 1 aromatic rings. The zero-order valence-corrected chi connectivity index (χ0v) is 11.2. The maximum atomic E-state index is 8.51. The van der Waals surface area contributed by atoms with Gasteiger partial charge in [0.15, 0.2) is 0 Å². The van der Waals surface area contributed by atoms with Crippen molar-refractivity contribution in [2.24, 2.45) is 0 Å². The van der Waals surface area contributed by atoms with Crippen LogP contribution >= 0.6 is 0 Å². The van der Waals surface area contributed by atoms with Crippen LogP contribution in [0.5, 0.6) is 0 Å². The van der Waals surface area contributed by atoms with Gasteiger partial charge >= 0.3 is 0 Å². The molecule has 0 aliphatic heterocycles. The molecule has 0 radical (unpaired) electrons. The van der Waals surface area contributed by atoms with Crippen molar-refractivity contribution in [3.05, 3.63) is 47.0 Å². The average Bonchev–Trinajstić information content (AvgIpc) is 2.26. The van der Waals surface area contributed by atoms with E-state index in [9.17, 15) is 0 Å². The van der Waals surface area contributed by atoms with Crippen LogP contribution in [0.25, 0.3) is 0 Å². The molecule has 0 N–H and O–H groups in total. The molecule has 0 fully saturated rings. The Morgan fingerprint density at radius 2 is 1.82 bits per heavy atom. The summed E-state index contributed by atoms with van der Waals surface area (Å²) >= 11 is 0. The summed E-state index contributed by atoms with van der Waals surface area (Å²) in [5.41, 5.74) is 4.14. The van der Waals surface area contributed by atoms with E-state index in [0.717, 1.165) is 6.42 Å². The summed E-state index contributed by atoms with van der Waals surface area (Å²) in [5.74, 6) is 0. The molecular formula is C16H21N. The number of hydrogen-bond donors (Lipinski definition) is 0. The van der Waals surface area contributed by atoms with E-state index >= 15 is 0 Å². The molecule has 0 saturated carbocycles. The molecule has 0 unspecified atom stereocenters. The van der Waals surface area contributed by atoms with Crippen molar-refractivity contribution in [2.45, 2.75) is 46.0 Å². The van der Waals surface area contributed by atoms with Gasteiger partial charge in [0.25, 0.3) is 0 Å². The summed E-state index contributed by atoms with van der Waals surface area (Å²) in [4.78, 5) is 0. The van der Waals surface area contributed by atoms with Crippen LogP contribution in [-0.4, -0.2) is 0 Å². The van der Waals surface area contributed by atoms with Gasteiger partial charge in [0.1, 0.15) is 0 Å². The molecule has 0 spiro atoms. The lowest BCUT2D eigenvalue weighted by Gasteiger charge is -2.19. The second-order valence-electron chi connectivity index (χ2n) is 5.54. The minimum atomic E-state index is 0.213. The largest absolute Gasteiger partial charge is 0.198 e. The fourth-order valence-electron chi connectivity index (χ4n) is 1.74. The third-order valence-electron chi connectivity index (χ3n) is 2.84. The summed E-state index contributed by atoms with van der Waals surface area (Å²) in [6.07, 6.45) is 3.44. The van der Waals surface area contributed by atoms with Crippen LogP contribution in [0.1, 0.15) is 45.2 Å². The monoisotopic (exact) mass is 227 g/mol. The van der Waals surface area contributed by atoms with Gasteiger partial charge in [-0.2, -0.15) is 5.26 Å². The zero-order valence-electron chi connectivity index (χ0n) is 11.2. The van der Waals surface area contributed by atoms with E-state index in [-0.39, 0.29) is 5.41 Å². The molecule has 0 amide bonds. The molecule has 0 saturated heterocycles. The van der Waals surface area contributed by atoms with Crippen molar-refractivity contribution < 1.29 is 0 Å². The molecule has 0 aliphatic rings. The Kier molecular flexibility index (Phi) is 4.52. The molecule has 1 rings (SSSR count). The molecule has 0 heterocycles. The zero-order chi connectivity index (χ0) is 12.9. The quantitative estimate of drug-likeness (QED) is 0.703. The Labute approximate surface area is 105 Å². The summed E-state index contributed by atoms with van der Waals surface area (Å²) in [5, 5.41) is 8.51. The predicted octanol–water partition coefficient (Wildman–Crippen LogP) is 4.39. The maximum Gasteiger partial charge on any atom is 0.0663 e.